The minimum Gasteiger partial charge on any atom is -0.488 e. The molecule has 0 unspecified atom stereocenters. The van der Waals surface area contributed by atoms with Crippen LogP contribution in [-0.2, 0) is 22.3 Å². The van der Waals surface area contributed by atoms with Gasteiger partial charge in [0.25, 0.3) is 5.78 Å². The molecule has 4 nitrogen and oxygen atoms in total. The first-order chi connectivity index (χ1) is 11.3. The average Bonchev–Trinajstić information content (AvgIpc) is 2.58. The molecule has 0 spiro atoms. The van der Waals surface area contributed by atoms with Gasteiger partial charge in [-0.05, 0) is 12.1 Å². The minimum atomic E-state index is -4.56. The van der Waals surface area contributed by atoms with Crippen molar-refractivity contribution in [1.82, 2.24) is 0 Å². The first-order valence-electron chi connectivity index (χ1n) is 6.84. The number of carbonyl (C=O) groups is 2. The van der Waals surface area contributed by atoms with E-state index < -0.39 is 23.5 Å². The lowest BCUT2D eigenvalue weighted by Crippen LogP contribution is -2.18. The van der Waals surface area contributed by atoms with Crippen LogP contribution in [0, 0.1) is 0 Å². The number of rotatable bonds is 5. The Kier molecular flexibility index (Phi) is 5.23. The van der Waals surface area contributed by atoms with E-state index in [1.807, 2.05) is 0 Å². The lowest BCUT2D eigenvalue weighted by Gasteiger charge is -2.14. The maximum Gasteiger partial charge on any atom is 0.419 e. The van der Waals surface area contributed by atoms with Crippen molar-refractivity contribution >= 4 is 11.8 Å². The Bertz CT molecular complexity index is 753. The van der Waals surface area contributed by atoms with Gasteiger partial charge in [-0.25, -0.2) is 4.79 Å². The van der Waals surface area contributed by atoms with E-state index in [4.69, 9.17) is 4.74 Å². The zero-order valence-electron chi connectivity index (χ0n) is 12.6. The van der Waals surface area contributed by atoms with Crippen LogP contribution in [0.4, 0.5) is 13.2 Å². The van der Waals surface area contributed by atoms with E-state index in [1.165, 1.54) is 36.4 Å². The summed E-state index contributed by atoms with van der Waals surface area (Å²) in [5, 5.41) is 0. The Hall–Kier alpha value is -2.83. The highest BCUT2D eigenvalue weighted by Gasteiger charge is 2.34. The van der Waals surface area contributed by atoms with Gasteiger partial charge in [0.05, 0.1) is 12.7 Å². The molecule has 126 valence electrons. The van der Waals surface area contributed by atoms with Crippen LogP contribution in [0.25, 0.3) is 0 Å². The molecule has 0 aromatic heterocycles. The van der Waals surface area contributed by atoms with Crippen LogP contribution >= 0.6 is 0 Å². The fraction of sp³-hybridized carbons (Fsp3) is 0.176. The second-order valence-corrected chi connectivity index (χ2v) is 4.76. The van der Waals surface area contributed by atoms with Crippen molar-refractivity contribution in [2.24, 2.45) is 0 Å². The van der Waals surface area contributed by atoms with Gasteiger partial charge in [0.2, 0.25) is 0 Å². The molecule has 0 heterocycles. The summed E-state index contributed by atoms with van der Waals surface area (Å²) in [4.78, 5) is 23.3. The summed E-state index contributed by atoms with van der Waals surface area (Å²) in [6, 6.07) is 10.8. The highest BCUT2D eigenvalue weighted by atomic mass is 19.4. The van der Waals surface area contributed by atoms with Gasteiger partial charge in [0, 0.05) is 11.1 Å². The number of ketones is 1. The second kappa shape index (κ2) is 7.16. The summed E-state index contributed by atoms with van der Waals surface area (Å²) < 4.78 is 48.4. The van der Waals surface area contributed by atoms with E-state index in [2.05, 4.69) is 4.74 Å². The summed E-state index contributed by atoms with van der Waals surface area (Å²) in [6.45, 7) is -0.300. The molecule has 0 amide bonds. The van der Waals surface area contributed by atoms with Crippen LogP contribution in [0.15, 0.2) is 48.5 Å². The predicted octanol–water partition coefficient (Wildman–Crippen LogP) is 3.64. The van der Waals surface area contributed by atoms with Gasteiger partial charge < -0.3 is 9.47 Å². The van der Waals surface area contributed by atoms with Crippen LogP contribution in [0.2, 0.25) is 0 Å². The van der Waals surface area contributed by atoms with E-state index in [9.17, 15) is 22.8 Å². The van der Waals surface area contributed by atoms with E-state index in [0.29, 0.717) is 0 Å². The number of hydrogen-bond donors (Lipinski definition) is 0. The topological polar surface area (TPSA) is 52.6 Å². The Labute approximate surface area is 135 Å². The Morgan fingerprint density at radius 3 is 2.29 bits per heavy atom. The molecule has 2 aromatic rings. The zero-order valence-corrected chi connectivity index (χ0v) is 12.6. The summed E-state index contributed by atoms with van der Waals surface area (Å²) in [5.41, 5.74) is -0.611. The van der Waals surface area contributed by atoms with Crippen molar-refractivity contribution < 1.29 is 32.2 Å². The van der Waals surface area contributed by atoms with Crippen LogP contribution in [-0.4, -0.2) is 18.9 Å². The smallest absolute Gasteiger partial charge is 0.419 e. The summed E-state index contributed by atoms with van der Waals surface area (Å²) in [6.07, 6.45) is -4.56. The van der Waals surface area contributed by atoms with E-state index in [-0.39, 0.29) is 23.5 Å². The fourth-order valence-electron chi connectivity index (χ4n) is 2.05. The van der Waals surface area contributed by atoms with E-state index >= 15 is 0 Å². The van der Waals surface area contributed by atoms with E-state index in [0.717, 1.165) is 13.2 Å². The molecule has 0 fully saturated rings. The quantitative estimate of drug-likeness (QED) is 0.474. The van der Waals surface area contributed by atoms with Gasteiger partial charge in [-0.2, -0.15) is 13.2 Å². The number of esters is 1. The third-order valence-electron chi connectivity index (χ3n) is 3.21. The molecule has 7 heteroatoms. The molecule has 0 saturated carbocycles. The summed E-state index contributed by atoms with van der Waals surface area (Å²) in [5.74, 6) is -2.30. The molecular weight excluding hydrogens is 325 g/mol. The van der Waals surface area contributed by atoms with Crippen LogP contribution in [0.5, 0.6) is 5.75 Å². The number of carbonyl (C=O) groups excluding carboxylic acids is 2. The first kappa shape index (κ1) is 17.5. The molecule has 0 aliphatic heterocycles. The van der Waals surface area contributed by atoms with E-state index in [1.54, 1.807) is 6.07 Å². The van der Waals surface area contributed by atoms with Crippen LogP contribution in [0.3, 0.4) is 0 Å². The van der Waals surface area contributed by atoms with Crippen LogP contribution < -0.4 is 4.74 Å². The van der Waals surface area contributed by atoms with Gasteiger partial charge in [0.1, 0.15) is 12.4 Å². The van der Waals surface area contributed by atoms with Gasteiger partial charge in [-0.3, -0.25) is 4.79 Å². The molecule has 0 bridgehead atoms. The standard InChI is InChI=1S/C17H13F3O4/c1-23-16(22)15(21)12-7-3-2-6-11(12)10-24-14-9-5-4-8-13(14)17(18,19)20/h2-9H,10H2,1H3. The number of ether oxygens (including phenoxy) is 2. The SMILES string of the molecule is COC(=O)C(=O)c1ccccc1COc1ccccc1C(F)(F)F. The molecule has 24 heavy (non-hydrogen) atoms. The molecule has 2 aromatic carbocycles. The number of alkyl halides is 3. The molecule has 0 atom stereocenters. The lowest BCUT2D eigenvalue weighted by molar-refractivity contribution is -0.139. The number of halogens is 3. The number of Topliss-reactive ketones (excluding diaryl/α,β-unsaturated/α-hetero) is 1. The highest BCUT2D eigenvalue weighted by Crippen LogP contribution is 2.36. The van der Waals surface area contributed by atoms with Crippen molar-refractivity contribution in [1.29, 1.82) is 0 Å². The minimum absolute atomic E-state index is 0.0221. The number of hydrogen-bond acceptors (Lipinski definition) is 4. The zero-order chi connectivity index (χ0) is 17.7. The van der Waals surface area contributed by atoms with Gasteiger partial charge in [-0.1, -0.05) is 36.4 Å². The number of para-hydroxylation sites is 1. The van der Waals surface area contributed by atoms with Crippen molar-refractivity contribution in [2.45, 2.75) is 12.8 Å². The first-order valence-corrected chi connectivity index (χ1v) is 6.84. The van der Waals surface area contributed by atoms with Crippen molar-refractivity contribution in [3.8, 4) is 5.75 Å². The molecule has 0 aliphatic carbocycles. The summed E-state index contributed by atoms with van der Waals surface area (Å²) >= 11 is 0. The molecule has 0 aliphatic rings. The highest BCUT2D eigenvalue weighted by molar-refractivity contribution is 6.40. The van der Waals surface area contributed by atoms with Gasteiger partial charge in [0.15, 0.2) is 0 Å². The van der Waals surface area contributed by atoms with Gasteiger partial charge in [-0.15, -0.1) is 0 Å². The Morgan fingerprint density at radius 1 is 1.00 bits per heavy atom. The molecule has 0 saturated heterocycles. The maximum atomic E-state index is 12.9. The third kappa shape index (κ3) is 3.92. The molecule has 2 rings (SSSR count). The normalized spacial score (nSPS) is 11.0. The molecular formula is C17H13F3O4. The molecule has 0 radical (unpaired) electrons. The predicted molar refractivity (Wildman–Crippen MR) is 78.6 cm³/mol. The number of benzene rings is 2. The Morgan fingerprint density at radius 2 is 1.62 bits per heavy atom. The monoisotopic (exact) mass is 338 g/mol. The fourth-order valence-corrected chi connectivity index (χ4v) is 2.05. The number of methoxy groups -OCH3 is 1. The second-order valence-electron chi connectivity index (χ2n) is 4.76. The van der Waals surface area contributed by atoms with Gasteiger partial charge >= 0.3 is 12.1 Å². The average molecular weight is 338 g/mol. The molecule has 0 N–H and O–H groups in total. The van der Waals surface area contributed by atoms with Crippen molar-refractivity contribution in [3.05, 3.63) is 65.2 Å². The summed E-state index contributed by atoms with van der Waals surface area (Å²) in [7, 11) is 1.07. The van der Waals surface area contributed by atoms with Crippen molar-refractivity contribution in [3.63, 3.8) is 0 Å². The Balaban J connectivity index is 2.26. The van der Waals surface area contributed by atoms with Crippen LogP contribution in [0.1, 0.15) is 21.5 Å². The lowest BCUT2D eigenvalue weighted by atomic mass is 10.0. The third-order valence-corrected chi connectivity index (χ3v) is 3.21. The maximum absolute atomic E-state index is 12.9. The van der Waals surface area contributed by atoms with Crippen molar-refractivity contribution in [2.75, 3.05) is 7.11 Å². The largest absolute Gasteiger partial charge is 0.488 e.